The first-order valence-corrected chi connectivity index (χ1v) is 9.04. The summed E-state index contributed by atoms with van der Waals surface area (Å²) in [5, 5.41) is 3.13. The number of carbonyl (C=O) groups excluding carboxylic acids is 1. The van der Waals surface area contributed by atoms with Crippen molar-refractivity contribution in [3.05, 3.63) is 29.6 Å². The van der Waals surface area contributed by atoms with E-state index in [-0.39, 0.29) is 23.5 Å². The number of aryl methyl sites for hydroxylation is 1. The normalized spacial score (nSPS) is 23.4. The van der Waals surface area contributed by atoms with Crippen molar-refractivity contribution in [3.63, 3.8) is 0 Å². The van der Waals surface area contributed by atoms with Crippen LogP contribution in [0, 0.1) is 12.7 Å². The van der Waals surface area contributed by atoms with Crippen LogP contribution in [-0.4, -0.2) is 55.4 Å². The quantitative estimate of drug-likeness (QED) is 0.893. The van der Waals surface area contributed by atoms with E-state index >= 15 is 0 Å². The highest BCUT2D eigenvalue weighted by Gasteiger charge is 2.31. The molecule has 5 nitrogen and oxygen atoms in total. The molecule has 1 aromatic carbocycles. The van der Waals surface area contributed by atoms with Gasteiger partial charge in [-0.15, -0.1) is 0 Å². The zero-order valence-corrected chi connectivity index (χ0v) is 15.3. The van der Waals surface area contributed by atoms with E-state index in [1.165, 1.54) is 6.07 Å². The lowest BCUT2D eigenvalue weighted by Gasteiger charge is -2.40. The third-order valence-electron chi connectivity index (χ3n) is 4.90. The van der Waals surface area contributed by atoms with Crippen LogP contribution in [-0.2, 0) is 4.74 Å². The average Bonchev–Trinajstić information content (AvgIpc) is 2.56. The number of nitrogens with zero attached hydrogens (tertiary/aromatic N) is 2. The molecular weight excluding hydrogens is 321 g/mol. The average molecular weight is 349 g/mol. The minimum Gasteiger partial charge on any atom is -0.372 e. The molecule has 2 aliphatic rings. The first kappa shape index (κ1) is 18.0. The van der Waals surface area contributed by atoms with Gasteiger partial charge in [0.1, 0.15) is 5.82 Å². The highest BCUT2D eigenvalue weighted by Crippen LogP contribution is 2.25. The Kier molecular flexibility index (Phi) is 5.18. The van der Waals surface area contributed by atoms with Crippen molar-refractivity contribution >= 4 is 11.7 Å². The Balaban J connectivity index is 1.62. The minimum atomic E-state index is -0.307. The number of hydrogen-bond donors (Lipinski definition) is 1. The first-order valence-electron chi connectivity index (χ1n) is 9.04. The molecule has 1 N–H and O–H groups in total. The molecule has 0 aromatic heterocycles. The standard InChI is InChI=1S/C19H28FN3O2/c1-14-6-7-16(20)17(11-14)22-8-4-5-15(12-22)21-18(24)23-9-10-25-19(2,3)13-23/h6-7,11,15H,4-5,8-10,12-13H2,1-3H3,(H,21,24). The number of ether oxygens (including phenoxy) is 1. The maximum absolute atomic E-state index is 14.2. The van der Waals surface area contributed by atoms with E-state index in [4.69, 9.17) is 4.74 Å². The van der Waals surface area contributed by atoms with Crippen molar-refractivity contribution in [2.75, 3.05) is 37.7 Å². The molecule has 1 aromatic rings. The molecule has 6 heteroatoms. The van der Waals surface area contributed by atoms with Crippen LogP contribution in [0.3, 0.4) is 0 Å². The van der Waals surface area contributed by atoms with Gasteiger partial charge in [0.2, 0.25) is 0 Å². The Morgan fingerprint density at radius 2 is 2.16 bits per heavy atom. The molecule has 138 valence electrons. The summed E-state index contributed by atoms with van der Waals surface area (Å²) < 4.78 is 19.8. The van der Waals surface area contributed by atoms with Crippen molar-refractivity contribution in [1.29, 1.82) is 0 Å². The van der Waals surface area contributed by atoms with Gasteiger partial charge in [-0.2, -0.15) is 0 Å². The molecule has 2 aliphatic heterocycles. The molecule has 0 radical (unpaired) electrons. The Hall–Kier alpha value is -1.82. The fourth-order valence-corrected chi connectivity index (χ4v) is 3.63. The molecule has 2 saturated heterocycles. The summed E-state index contributed by atoms with van der Waals surface area (Å²) in [6, 6.07) is 5.16. The number of hydrogen-bond acceptors (Lipinski definition) is 3. The number of urea groups is 1. The highest BCUT2D eigenvalue weighted by atomic mass is 19.1. The number of amides is 2. The summed E-state index contributed by atoms with van der Waals surface area (Å²) >= 11 is 0. The Morgan fingerprint density at radius 1 is 1.36 bits per heavy atom. The third-order valence-corrected chi connectivity index (χ3v) is 4.90. The Labute approximate surface area is 149 Å². The second-order valence-electron chi connectivity index (χ2n) is 7.72. The first-order chi connectivity index (χ1) is 11.8. The van der Waals surface area contributed by atoms with Gasteiger partial charge in [-0.3, -0.25) is 0 Å². The van der Waals surface area contributed by atoms with Crippen molar-refractivity contribution in [2.45, 2.75) is 45.3 Å². The number of morpholine rings is 1. The van der Waals surface area contributed by atoms with E-state index in [0.717, 1.165) is 24.9 Å². The molecule has 25 heavy (non-hydrogen) atoms. The lowest BCUT2D eigenvalue weighted by Crippen LogP contribution is -2.57. The summed E-state index contributed by atoms with van der Waals surface area (Å²) in [5.74, 6) is -0.201. The monoisotopic (exact) mass is 349 g/mol. The minimum absolute atomic E-state index is 0.0344. The summed E-state index contributed by atoms with van der Waals surface area (Å²) in [6.07, 6.45) is 1.86. The zero-order valence-electron chi connectivity index (χ0n) is 15.3. The Morgan fingerprint density at radius 3 is 2.92 bits per heavy atom. The van der Waals surface area contributed by atoms with Gasteiger partial charge >= 0.3 is 6.03 Å². The fraction of sp³-hybridized carbons (Fsp3) is 0.632. The maximum atomic E-state index is 14.2. The molecule has 3 rings (SSSR count). The van der Waals surface area contributed by atoms with Crippen LogP contribution in [0.4, 0.5) is 14.9 Å². The van der Waals surface area contributed by atoms with Gasteiger partial charge in [-0.1, -0.05) is 6.07 Å². The molecule has 2 amide bonds. The van der Waals surface area contributed by atoms with Gasteiger partial charge < -0.3 is 19.9 Å². The summed E-state index contributed by atoms with van der Waals surface area (Å²) in [5.41, 5.74) is 1.36. The summed E-state index contributed by atoms with van der Waals surface area (Å²) in [6.45, 7) is 9.17. The lowest BCUT2D eigenvalue weighted by molar-refractivity contribution is -0.0735. The van der Waals surface area contributed by atoms with E-state index in [1.54, 1.807) is 6.07 Å². The maximum Gasteiger partial charge on any atom is 0.317 e. The van der Waals surface area contributed by atoms with Crippen molar-refractivity contribution < 1.29 is 13.9 Å². The number of piperidine rings is 1. The fourth-order valence-electron chi connectivity index (χ4n) is 3.63. The lowest BCUT2D eigenvalue weighted by atomic mass is 10.0. The molecular formula is C19H28FN3O2. The third kappa shape index (κ3) is 4.42. The number of rotatable bonds is 2. The molecule has 1 atom stereocenters. The highest BCUT2D eigenvalue weighted by molar-refractivity contribution is 5.75. The van der Waals surface area contributed by atoms with E-state index in [1.807, 2.05) is 36.6 Å². The van der Waals surface area contributed by atoms with Crippen LogP contribution in [0.1, 0.15) is 32.3 Å². The zero-order chi connectivity index (χ0) is 18.0. The molecule has 0 spiro atoms. The molecule has 2 heterocycles. The van der Waals surface area contributed by atoms with Crippen LogP contribution in [0.5, 0.6) is 0 Å². The molecule has 0 saturated carbocycles. The van der Waals surface area contributed by atoms with Crippen LogP contribution in [0.2, 0.25) is 0 Å². The van der Waals surface area contributed by atoms with Crippen molar-refractivity contribution in [2.24, 2.45) is 0 Å². The van der Waals surface area contributed by atoms with Gasteiger partial charge in [0.25, 0.3) is 0 Å². The Bertz CT molecular complexity index is 635. The second-order valence-corrected chi connectivity index (χ2v) is 7.72. The van der Waals surface area contributed by atoms with Crippen LogP contribution < -0.4 is 10.2 Å². The van der Waals surface area contributed by atoms with Crippen molar-refractivity contribution in [3.8, 4) is 0 Å². The predicted octanol–water partition coefficient (Wildman–Crippen LogP) is 2.92. The van der Waals surface area contributed by atoms with Gasteiger partial charge in [-0.05, 0) is 51.3 Å². The second kappa shape index (κ2) is 7.20. The van der Waals surface area contributed by atoms with Crippen LogP contribution in [0.15, 0.2) is 18.2 Å². The molecule has 2 fully saturated rings. The molecule has 1 unspecified atom stereocenters. The van der Waals surface area contributed by atoms with Gasteiger partial charge in [0, 0.05) is 25.7 Å². The molecule has 0 aliphatic carbocycles. The van der Waals surface area contributed by atoms with E-state index in [2.05, 4.69) is 5.32 Å². The SMILES string of the molecule is Cc1ccc(F)c(N2CCCC(NC(=O)N3CCOC(C)(C)C3)C2)c1. The van der Waals surface area contributed by atoms with Gasteiger partial charge in [-0.25, -0.2) is 9.18 Å². The largest absolute Gasteiger partial charge is 0.372 e. The smallest absolute Gasteiger partial charge is 0.317 e. The number of halogens is 1. The van der Waals surface area contributed by atoms with E-state index in [0.29, 0.717) is 31.9 Å². The summed E-state index contributed by atoms with van der Waals surface area (Å²) in [7, 11) is 0. The van der Waals surface area contributed by atoms with Crippen LogP contribution >= 0.6 is 0 Å². The van der Waals surface area contributed by atoms with Gasteiger partial charge in [0.05, 0.1) is 24.4 Å². The topological polar surface area (TPSA) is 44.8 Å². The number of nitrogens with one attached hydrogen (secondary N) is 1. The van der Waals surface area contributed by atoms with E-state index in [9.17, 15) is 9.18 Å². The number of carbonyl (C=O) groups is 1. The number of anilines is 1. The van der Waals surface area contributed by atoms with Gasteiger partial charge in [0.15, 0.2) is 0 Å². The van der Waals surface area contributed by atoms with Crippen molar-refractivity contribution in [1.82, 2.24) is 10.2 Å². The van der Waals surface area contributed by atoms with E-state index < -0.39 is 0 Å². The predicted molar refractivity (Wildman–Crippen MR) is 96.5 cm³/mol. The number of benzene rings is 1. The van der Waals surface area contributed by atoms with Crippen LogP contribution in [0.25, 0.3) is 0 Å². The summed E-state index contributed by atoms with van der Waals surface area (Å²) in [4.78, 5) is 16.4. The molecule has 0 bridgehead atoms.